The molecule has 2 aromatic heterocycles. The second-order valence-electron chi connectivity index (χ2n) is 14.0. The van der Waals surface area contributed by atoms with Crippen molar-refractivity contribution in [1.82, 2.24) is 19.8 Å². The van der Waals surface area contributed by atoms with E-state index in [4.69, 9.17) is 23.5 Å². The van der Waals surface area contributed by atoms with Gasteiger partial charge in [0.25, 0.3) is 0 Å². The quantitative estimate of drug-likeness (QED) is 0.146. The van der Waals surface area contributed by atoms with Crippen molar-refractivity contribution in [3.63, 3.8) is 0 Å². The molecule has 2 aliphatic heterocycles. The number of hydrogen-bond donors (Lipinski definition) is 1. The number of nitrogens with zero attached hydrogens (tertiary/aromatic N) is 5. The number of aliphatic carboxylic acids is 1. The molecule has 0 radical (unpaired) electrons. The summed E-state index contributed by atoms with van der Waals surface area (Å²) < 4.78 is 58.0. The van der Waals surface area contributed by atoms with Crippen LogP contribution in [0.2, 0.25) is 0 Å². The molecular formula is C41H36F3N5O5. The molecule has 0 aliphatic carbocycles. The summed E-state index contributed by atoms with van der Waals surface area (Å²) in [5, 5.41) is 19.6. The van der Waals surface area contributed by atoms with Gasteiger partial charge in [-0.3, -0.25) is 14.6 Å². The number of carboxylic acid groups (broad SMARTS) is 1. The summed E-state index contributed by atoms with van der Waals surface area (Å²) in [6, 6.07) is 19.8. The number of fused-ring (bicyclic) bond motifs is 2. The average Bonchev–Trinajstić information content (AvgIpc) is 3.95. The predicted molar refractivity (Wildman–Crippen MR) is 195 cm³/mol. The van der Waals surface area contributed by atoms with Gasteiger partial charge in [-0.2, -0.15) is 14.0 Å². The first-order chi connectivity index (χ1) is 26.1. The molecule has 0 amide bonds. The van der Waals surface area contributed by atoms with Crippen LogP contribution < -0.4 is 4.74 Å². The number of nitriles is 1. The minimum Gasteiger partial charge on any atom is -0.480 e. The minimum atomic E-state index is -3.08. The molecule has 2 saturated heterocycles. The van der Waals surface area contributed by atoms with Crippen molar-refractivity contribution in [2.24, 2.45) is 0 Å². The van der Waals surface area contributed by atoms with Crippen LogP contribution >= 0.6 is 0 Å². The van der Waals surface area contributed by atoms with E-state index in [2.05, 4.69) is 6.07 Å². The molecule has 8 rings (SSSR count). The second kappa shape index (κ2) is 14.3. The van der Waals surface area contributed by atoms with E-state index in [1.165, 1.54) is 6.07 Å². The Labute approximate surface area is 308 Å². The molecule has 0 bridgehead atoms. The summed E-state index contributed by atoms with van der Waals surface area (Å²) in [5.74, 6) is -0.379. The fourth-order valence-corrected chi connectivity index (χ4v) is 7.84. The van der Waals surface area contributed by atoms with Crippen molar-refractivity contribution >= 4 is 28.2 Å². The van der Waals surface area contributed by atoms with Gasteiger partial charge < -0.3 is 18.7 Å². The van der Waals surface area contributed by atoms with Crippen molar-refractivity contribution in [1.29, 1.82) is 5.26 Å². The summed E-state index contributed by atoms with van der Waals surface area (Å²) >= 11 is 0. The van der Waals surface area contributed by atoms with Gasteiger partial charge in [0.15, 0.2) is 11.2 Å². The number of alkyl halides is 3. The van der Waals surface area contributed by atoms with Crippen LogP contribution in [0, 0.1) is 25.2 Å². The zero-order valence-corrected chi connectivity index (χ0v) is 29.6. The standard InChI is InChI=1S/C41H36F3N5O5/c1-22-28(29-7-4-9-31(23(29)2)39-47-33-15-24(14-25(18-45)37(33)54-39)19-48-13-11-27(42)21-48)6-3-8-30(22)38-46-32-16-26(20-49-12-5-10-34(49)40(50)51)35(53-41(43)44)17-36(32)52-38/h3-4,6-9,14-17,27,34,41H,5,10-13,19-21H2,1-2H3,(H,50,51)/t27?,34-/m1/s1. The fourth-order valence-electron chi connectivity index (χ4n) is 7.84. The number of ether oxygens (including phenoxy) is 1. The van der Waals surface area contributed by atoms with Gasteiger partial charge in [-0.1, -0.05) is 24.3 Å². The highest BCUT2D eigenvalue weighted by molar-refractivity contribution is 5.86. The molecule has 54 heavy (non-hydrogen) atoms. The second-order valence-corrected chi connectivity index (χ2v) is 14.0. The first-order valence-corrected chi connectivity index (χ1v) is 17.8. The Morgan fingerprint density at radius 3 is 2.28 bits per heavy atom. The van der Waals surface area contributed by atoms with Crippen molar-refractivity contribution < 1.29 is 36.6 Å². The molecular weight excluding hydrogens is 699 g/mol. The smallest absolute Gasteiger partial charge is 0.387 e. The van der Waals surface area contributed by atoms with E-state index >= 15 is 0 Å². The molecule has 4 aromatic carbocycles. The minimum absolute atomic E-state index is 0.0898. The van der Waals surface area contributed by atoms with Crippen LogP contribution in [0.15, 0.2) is 69.5 Å². The molecule has 2 atom stereocenters. The fraction of sp³-hybridized carbons (Fsp3) is 0.317. The van der Waals surface area contributed by atoms with Gasteiger partial charge in [-0.25, -0.2) is 14.4 Å². The molecule has 2 aliphatic rings. The molecule has 1 unspecified atom stereocenters. The SMILES string of the molecule is Cc1c(-c2nc3cc(CN4CCC[C@@H]4C(=O)O)c(OC(F)F)cc3o2)cccc1-c1cccc(-c2nc3cc(CN4CCC(F)C4)cc(C#N)c3o2)c1C. The molecule has 10 nitrogen and oxygen atoms in total. The highest BCUT2D eigenvalue weighted by Gasteiger charge is 2.32. The normalized spacial score (nSPS) is 17.9. The maximum absolute atomic E-state index is 13.8. The van der Waals surface area contributed by atoms with E-state index in [1.807, 2.05) is 61.2 Å². The van der Waals surface area contributed by atoms with Crippen LogP contribution in [0.5, 0.6) is 5.75 Å². The first-order valence-electron chi connectivity index (χ1n) is 17.8. The lowest BCUT2D eigenvalue weighted by atomic mass is 9.91. The third kappa shape index (κ3) is 6.67. The summed E-state index contributed by atoms with van der Waals surface area (Å²) in [5.41, 5.74) is 8.29. The molecule has 0 saturated carbocycles. The Balaban J connectivity index is 1.13. The van der Waals surface area contributed by atoms with Crippen LogP contribution in [-0.2, 0) is 17.9 Å². The van der Waals surface area contributed by atoms with Crippen LogP contribution in [0.1, 0.15) is 47.1 Å². The third-order valence-corrected chi connectivity index (χ3v) is 10.5. The monoisotopic (exact) mass is 735 g/mol. The van der Waals surface area contributed by atoms with Crippen molar-refractivity contribution in [3.8, 4) is 45.9 Å². The van der Waals surface area contributed by atoms with Gasteiger partial charge in [0.05, 0.1) is 5.56 Å². The zero-order valence-electron chi connectivity index (χ0n) is 29.6. The Morgan fingerprint density at radius 1 is 0.944 bits per heavy atom. The summed E-state index contributed by atoms with van der Waals surface area (Å²) in [4.78, 5) is 25.1. The Bertz CT molecular complexity index is 2450. The topological polar surface area (TPSA) is 129 Å². The number of hydrogen-bond acceptors (Lipinski definition) is 9. The summed E-state index contributed by atoms with van der Waals surface area (Å²) in [7, 11) is 0. The van der Waals surface area contributed by atoms with Crippen molar-refractivity contribution in [2.75, 3.05) is 19.6 Å². The van der Waals surface area contributed by atoms with Crippen LogP contribution in [0.3, 0.4) is 0 Å². The van der Waals surface area contributed by atoms with Crippen molar-refractivity contribution in [2.45, 2.75) is 65.0 Å². The lowest BCUT2D eigenvalue weighted by molar-refractivity contribution is -0.142. The molecule has 6 aromatic rings. The van der Waals surface area contributed by atoms with Crippen LogP contribution in [0.4, 0.5) is 13.2 Å². The molecule has 1 N–H and O–H groups in total. The van der Waals surface area contributed by atoms with Gasteiger partial charge in [-0.15, -0.1) is 0 Å². The predicted octanol–water partition coefficient (Wildman–Crippen LogP) is 8.65. The highest BCUT2D eigenvalue weighted by Crippen LogP contribution is 2.39. The highest BCUT2D eigenvalue weighted by atomic mass is 19.3. The van der Waals surface area contributed by atoms with E-state index < -0.39 is 24.8 Å². The number of halogens is 3. The van der Waals surface area contributed by atoms with Gasteiger partial charge in [0.1, 0.15) is 35.1 Å². The maximum Gasteiger partial charge on any atom is 0.387 e. The van der Waals surface area contributed by atoms with Crippen molar-refractivity contribution in [3.05, 3.63) is 88.5 Å². The number of carboxylic acids is 1. The van der Waals surface area contributed by atoms with E-state index in [9.17, 15) is 28.3 Å². The van der Waals surface area contributed by atoms with E-state index in [0.717, 1.165) is 33.4 Å². The van der Waals surface area contributed by atoms with Crippen LogP contribution in [0.25, 0.3) is 56.2 Å². The molecule has 2 fully saturated rings. The van der Waals surface area contributed by atoms with Gasteiger partial charge in [0, 0.05) is 48.9 Å². The number of aromatic nitrogens is 2. The summed E-state index contributed by atoms with van der Waals surface area (Å²) in [6.07, 6.45) is 0.841. The number of likely N-dealkylation sites (tertiary alicyclic amines) is 2. The average molecular weight is 736 g/mol. The third-order valence-electron chi connectivity index (χ3n) is 10.5. The maximum atomic E-state index is 13.8. The Hall–Kier alpha value is -5.71. The number of oxazole rings is 2. The summed E-state index contributed by atoms with van der Waals surface area (Å²) in [6.45, 7) is 3.04. The van der Waals surface area contributed by atoms with Crippen LogP contribution in [-0.4, -0.2) is 69.3 Å². The number of carbonyl (C=O) groups is 1. The molecule has 4 heterocycles. The zero-order chi connectivity index (χ0) is 37.7. The lowest BCUT2D eigenvalue weighted by Gasteiger charge is -2.22. The number of rotatable bonds is 10. The molecule has 276 valence electrons. The molecule has 13 heteroatoms. The largest absolute Gasteiger partial charge is 0.480 e. The first kappa shape index (κ1) is 35.3. The Morgan fingerprint density at radius 2 is 1.63 bits per heavy atom. The lowest BCUT2D eigenvalue weighted by Crippen LogP contribution is -2.35. The number of benzene rings is 4. The Kier molecular flexibility index (Phi) is 9.33. The van der Waals surface area contributed by atoms with E-state index in [-0.39, 0.29) is 23.8 Å². The van der Waals surface area contributed by atoms with Gasteiger partial charge in [-0.05, 0) is 97.8 Å². The van der Waals surface area contributed by atoms with E-state index in [0.29, 0.717) is 84.6 Å². The molecule has 0 spiro atoms. The van der Waals surface area contributed by atoms with Gasteiger partial charge >= 0.3 is 12.6 Å². The van der Waals surface area contributed by atoms with E-state index in [1.54, 1.807) is 17.0 Å². The van der Waals surface area contributed by atoms with Gasteiger partial charge in [0.2, 0.25) is 11.8 Å².